The molecule has 5 nitrogen and oxygen atoms in total. The van der Waals surface area contributed by atoms with Crippen LogP contribution in [0, 0.1) is 5.41 Å². The number of carbonyl (C=O) groups is 1. The molecule has 1 heterocycles. The maximum absolute atomic E-state index is 12.2. The summed E-state index contributed by atoms with van der Waals surface area (Å²) < 4.78 is 5.09. The lowest BCUT2D eigenvalue weighted by Gasteiger charge is -2.34. The summed E-state index contributed by atoms with van der Waals surface area (Å²) >= 11 is 0. The first-order valence-electron chi connectivity index (χ1n) is 8.44. The lowest BCUT2D eigenvalue weighted by Crippen LogP contribution is -2.44. The van der Waals surface area contributed by atoms with Crippen LogP contribution >= 0.6 is 0 Å². The molecule has 0 aliphatic rings. The Hall–Kier alpha value is -1.36. The number of nitrogens with one attached hydrogen (secondary N) is 1. The quantitative estimate of drug-likeness (QED) is 0.721. The zero-order valence-electron chi connectivity index (χ0n) is 14.7. The van der Waals surface area contributed by atoms with Gasteiger partial charge in [0, 0.05) is 25.6 Å². The molecular weight excluding hydrogens is 278 g/mol. The summed E-state index contributed by atoms with van der Waals surface area (Å²) in [6, 6.07) is 1.72. The Labute approximate surface area is 134 Å². The van der Waals surface area contributed by atoms with Crippen LogP contribution in [0.2, 0.25) is 0 Å². The third kappa shape index (κ3) is 5.44. The first-order valence-corrected chi connectivity index (χ1v) is 8.44. The van der Waals surface area contributed by atoms with Gasteiger partial charge in [0.15, 0.2) is 5.69 Å². The van der Waals surface area contributed by atoms with Crippen LogP contribution in [0.1, 0.15) is 63.7 Å². The molecular formula is C17H31N3O2. The van der Waals surface area contributed by atoms with E-state index in [2.05, 4.69) is 43.1 Å². The molecule has 1 N–H and O–H groups in total. The molecule has 5 heteroatoms. The van der Waals surface area contributed by atoms with Gasteiger partial charge in [-0.15, -0.1) is 0 Å². The van der Waals surface area contributed by atoms with Gasteiger partial charge >= 0.3 is 0 Å². The number of hydrogen-bond donors (Lipinski definition) is 1. The zero-order chi connectivity index (χ0) is 16.6. The van der Waals surface area contributed by atoms with Crippen molar-refractivity contribution in [2.45, 2.75) is 53.9 Å². The summed E-state index contributed by atoms with van der Waals surface area (Å²) in [6.45, 7) is 14.5. The van der Waals surface area contributed by atoms with Crippen molar-refractivity contribution in [1.82, 2.24) is 15.4 Å². The Kier molecular flexibility index (Phi) is 7.59. The van der Waals surface area contributed by atoms with Crippen molar-refractivity contribution in [3.8, 4) is 0 Å². The van der Waals surface area contributed by atoms with E-state index in [9.17, 15) is 4.79 Å². The van der Waals surface area contributed by atoms with E-state index in [-0.39, 0.29) is 11.3 Å². The molecule has 1 aromatic heterocycles. The molecule has 0 saturated heterocycles. The predicted octanol–water partition coefficient (Wildman–Crippen LogP) is 3.12. The van der Waals surface area contributed by atoms with Crippen molar-refractivity contribution in [3.63, 3.8) is 0 Å². The van der Waals surface area contributed by atoms with Gasteiger partial charge in [-0.1, -0.05) is 46.2 Å². The molecule has 1 aromatic rings. The van der Waals surface area contributed by atoms with E-state index in [1.807, 2.05) is 6.92 Å². The van der Waals surface area contributed by atoms with Gasteiger partial charge in [0.2, 0.25) is 0 Å². The number of hydrogen-bond acceptors (Lipinski definition) is 4. The smallest absolute Gasteiger partial charge is 0.273 e. The second kappa shape index (κ2) is 8.93. The first-order chi connectivity index (χ1) is 10.5. The Morgan fingerprint density at radius 1 is 1.32 bits per heavy atom. The fourth-order valence-corrected chi connectivity index (χ4v) is 2.78. The van der Waals surface area contributed by atoms with Gasteiger partial charge in [-0.05, 0) is 24.9 Å². The van der Waals surface area contributed by atoms with E-state index in [1.165, 1.54) is 0 Å². The van der Waals surface area contributed by atoms with Crippen LogP contribution in [0.5, 0.6) is 0 Å². The van der Waals surface area contributed by atoms with Crippen molar-refractivity contribution in [2.24, 2.45) is 5.41 Å². The van der Waals surface area contributed by atoms with Gasteiger partial charge in [0.1, 0.15) is 5.76 Å². The van der Waals surface area contributed by atoms with Gasteiger partial charge in [-0.25, -0.2) is 0 Å². The third-order valence-corrected chi connectivity index (χ3v) is 4.17. The van der Waals surface area contributed by atoms with Crippen molar-refractivity contribution in [2.75, 3.05) is 26.2 Å². The van der Waals surface area contributed by atoms with E-state index >= 15 is 0 Å². The molecule has 1 atom stereocenters. The molecule has 0 saturated carbocycles. The van der Waals surface area contributed by atoms with Crippen molar-refractivity contribution in [1.29, 1.82) is 0 Å². The molecule has 0 radical (unpaired) electrons. The van der Waals surface area contributed by atoms with Crippen LogP contribution in [0.3, 0.4) is 0 Å². The number of aryl methyl sites for hydroxylation is 1. The summed E-state index contributed by atoms with van der Waals surface area (Å²) in [5.74, 6) is 0.593. The lowest BCUT2D eigenvalue weighted by atomic mass is 9.84. The molecule has 0 aliphatic carbocycles. The minimum atomic E-state index is -0.148. The number of amides is 1. The molecule has 1 rings (SSSR count). The summed E-state index contributed by atoms with van der Waals surface area (Å²) in [4.78, 5) is 14.6. The van der Waals surface area contributed by atoms with Gasteiger partial charge in [0.05, 0.1) is 0 Å². The predicted molar refractivity (Wildman–Crippen MR) is 89.0 cm³/mol. The zero-order valence-corrected chi connectivity index (χ0v) is 14.7. The van der Waals surface area contributed by atoms with Crippen molar-refractivity contribution < 1.29 is 9.32 Å². The van der Waals surface area contributed by atoms with E-state index in [0.29, 0.717) is 12.2 Å². The van der Waals surface area contributed by atoms with Crippen LogP contribution in [0.15, 0.2) is 10.6 Å². The van der Waals surface area contributed by atoms with E-state index in [1.54, 1.807) is 6.07 Å². The largest absolute Gasteiger partial charge is 0.361 e. The van der Waals surface area contributed by atoms with Crippen molar-refractivity contribution in [3.05, 3.63) is 17.5 Å². The Morgan fingerprint density at radius 3 is 2.50 bits per heavy atom. The second-order valence-corrected chi connectivity index (χ2v) is 6.24. The molecule has 1 unspecified atom stereocenters. The number of aromatic nitrogens is 1. The van der Waals surface area contributed by atoms with Gasteiger partial charge in [0.25, 0.3) is 5.91 Å². The number of nitrogens with zero attached hydrogens (tertiary/aromatic N) is 2. The molecule has 0 fully saturated rings. The molecule has 0 aromatic carbocycles. The lowest BCUT2D eigenvalue weighted by molar-refractivity contribution is 0.0900. The normalized spacial score (nSPS) is 14.1. The maximum Gasteiger partial charge on any atom is 0.273 e. The molecule has 0 spiro atoms. The van der Waals surface area contributed by atoms with Crippen LogP contribution < -0.4 is 5.32 Å². The topological polar surface area (TPSA) is 58.4 Å². The fourth-order valence-electron chi connectivity index (χ4n) is 2.78. The average molecular weight is 309 g/mol. The van der Waals surface area contributed by atoms with E-state index in [4.69, 9.17) is 4.52 Å². The summed E-state index contributed by atoms with van der Waals surface area (Å²) in [5, 5.41) is 6.86. The van der Waals surface area contributed by atoms with E-state index in [0.717, 1.165) is 44.7 Å². The van der Waals surface area contributed by atoms with Crippen LogP contribution in [0.4, 0.5) is 0 Å². The number of rotatable bonds is 10. The standard InChI is InChI=1S/C17H31N3O2/c1-6-10-17(5,13-20(8-3)9-4)12-18-16(21)15-11-14(7-2)22-19-15/h11H,6-10,12-13H2,1-5H3,(H,18,21). The molecule has 22 heavy (non-hydrogen) atoms. The fraction of sp³-hybridized carbons (Fsp3) is 0.765. The Bertz CT molecular complexity index is 455. The molecule has 0 aliphatic heterocycles. The molecule has 0 bridgehead atoms. The van der Waals surface area contributed by atoms with Gasteiger partial charge in [-0.2, -0.15) is 0 Å². The maximum atomic E-state index is 12.2. The third-order valence-electron chi connectivity index (χ3n) is 4.17. The van der Waals surface area contributed by atoms with Crippen LogP contribution in [-0.4, -0.2) is 42.1 Å². The average Bonchev–Trinajstić information content (AvgIpc) is 3.00. The minimum absolute atomic E-state index is 0.0771. The van der Waals surface area contributed by atoms with Crippen molar-refractivity contribution >= 4 is 5.91 Å². The Balaban J connectivity index is 2.64. The Morgan fingerprint density at radius 2 is 2.00 bits per heavy atom. The summed E-state index contributed by atoms with van der Waals surface area (Å²) in [5.41, 5.74) is 0.451. The second-order valence-electron chi connectivity index (χ2n) is 6.24. The van der Waals surface area contributed by atoms with Crippen LogP contribution in [0.25, 0.3) is 0 Å². The monoisotopic (exact) mass is 309 g/mol. The first kappa shape index (κ1) is 18.7. The summed E-state index contributed by atoms with van der Waals surface area (Å²) in [6.07, 6.45) is 2.94. The summed E-state index contributed by atoms with van der Waals surface area (Å²) in [7, 11) is 0. The highest BCUT2D eigenvalue weighted by Crippen LogP contribution is 2.24. The van der Waals surface area contributed by atoms with E-state index < -0.39 is 0 Å². The highest BCUT2D eigenvalue weighted by molar-refractivity contribution is 5.92. The molecule has 1 amide bonds. The SMILES string of the molecule is CCCC(C)(CNC(=O)c1cc(CC)on1)CN(CC)CC. The highest BCUT2D eigenvalue weighted by Gasteiger charge is 2.26. The number of carbonyl (C=O) groups excluding carboxylic acids is 1. The highest BCUT2D eigenvalue weighted by atomic mass is 16.5. The van der Waals surface area contributed by atoms with Crippen LogP contribution in [-0.2, 0) is 6.42 Å². The minimum Gasteiger partial charge on any atom is -0.361 e. The van der Waals surface area contributed by atoms with Gasteiger partial charge < -0.3 is 14.7 Å². The molecule has 126 valence electrons. The van der Waals surface area contributed by atoms with Gasteiger partial charge in [-0.3, -0.25) is 4.79 Å².